The predicted molar refractivity (Wildman–Crippen MR) is 113 cm³/mol. The molecule has 0 radical (unpaired) electrons. The maximum atomic E-state index is 12.9. The summed E-state index contributed by atoms with van der Waals surface area (Å²) in [6, 6.07) is 12.0. The molecule has 30 heavy (non-hydrogen) atoms. The number of carbonyl (C=O) groups excluding carboxylic acids is 2. The maximum absolute atomic E-state index is 12.9. The summed E-state index contributed by atoms with van der Waals surface area (Å²) in [5.41, 5.74) is 1.94. The Morgan fingerprint density at radius 2 is 1.90 bits per heavy atom. The Balaban J connectivity index is 1.34. The maximum Gasteiger partial charge on any atom is 0.228 e. The molecule has 8 heteroatoms. The highest BCUT2D eigenvalue weighted by molar-refractivity contribution is 5.89. The third-order valence-corrected chi connectivity index (χ3v) is 5.77. The number of amides is 2. The van der Waals surface area contributed by atoms with Gasteiger partial charge in [-0.25, -0.2) is 9.97 Å². The number of piperazine rings is 1. The molecule has 1 atom stereocenters. The Kier molecular flexibility index (Phi) is 6.23. The molecule has 0 N–H and O–H groups in total. The van der Waals surface area contributed by atoms with Gasteiger partial charge in [-0.1, -0.05) is 30.3 Å². The SMILES string of the molecule is COCCN1CC(C(=O)N2CCN(c3cc(-c4ccccc4)ncn3)CC2)CC1=O. The second-order valence-electron chi connectivity index (χ2n) is 7.67. The molecular weight excluding hydrogens is 382 g/mol. The summed E-state index contributed by atoms with van der Waals surface area (Å²) in [6.07, 6.45) is 1.89. The number of rotatable bonds is 6. The number of likely N-dealkylation sites (tertiary alicyclic amines) is 1. The van der Waals surface area contributed by atoms with Crippen molar-refractivity contribution in [3.05, 3.63) is 42.7 Å². The second-order valence-corrected chi connectivity index (χ2v) is 7.67. The fourth-order valence-corrected chi connectivity index (χ4v) is 4.06. The molecule has 0 spiro atoms. The van der Waals surface area contributed by atoms with Crippen molar-refractivity contribution in [3.63, 3.8) is 0 Å². The van der Waals surface area contributed by atoms with Gasteiger partial charge in [-0.15, -0.1) is 0 Å². The van der Waals surface area contributed by atoms with E-state index < -0.39 is 0 Å². The van der Waals surface area contributed by atoms with Crippen LogP contribution in [0.1, 0.15) is 6.42 Å². The number of carbonyl (C=O) groups is 2. The first-order valence-corrected chi connectivity index (χ1v) is 10.3. The Hall–Kier alpha value is -3.00. The van der Waals surface area contributed by atoms with Crippen molar-refractivity contribution in [1.82, 2.24) is 19.8 Å². The summed E-state index contributed by atoms with van der Waals surface area (Å²) in [4.78, 5) is 39.7. The summed E-state index contributed by atoms with van der Waals surface area (Å²) in [5.74, 6) is 0.747. The smallest absolute Gasteiger partial charge is 0.228 e. The van der Waals surface area contributed by atoms with E-state index in [1.54, 1.807) is 18.3 Å². The average Bonchev–Trinajstić information content (AvgIpc) is 3.18. The van der Waals surface area contributed by atoms with Crippen LogP contribution in [0.3, 0.4) is 0 Å². The number of ether oxygens (including phenoxy) is 1. The third kappa shape index (κ3) is 4.43. The molecule has 1 aromatic heterocycles. The van der Waals surface area contributed by atoms with Crippen LogP contribution in [-0.2, 0) is 14.3 Å². The Morgan fingerprint density at radius 1 is 1.13 bits per heavy atom. The van der Waals surface area contributed by atoms with Crippen LogP contribution in [0.5, 0.6) is 0 Å². The highest BCUT2D eigenvalue weighted by Gasteiger charge is 2.37. The Morgan fingerprint density at radius 3 is 2.63 bits per heavy atom. The van der Waals surface area contributed by atoms with Gasteiger partial charge in [0, 0.05) is 64.4 Å². The van der Waals surface area contributed by atoms with Gasteiger partial charge in [0.1, 0.15) is 12.1 Å². The number of benzene rings is 1. The van der Waals surface area contributed by atoms with Gasteiger partial charge >= 0.3 is 0 Å². The first-order chi connectivity index (χ1) is 14.7. The van der Waals surface area contributed by atoms with Crippen LogP contribution < -0.4 is 4.90 Å². The van der Waals surface area contributed by atoms with E-state index in [1.807, 2.05) is 41.3 Å². The highest BCUT2D eigenvalue weighted by Crippen LogP contribution is 2.23. The lowest BCUT2D eigenvalue weighted by molar-refractivity contribution is -0.136. The van der Waals surface area contributed by atoms with E-state index in [0.29, 0.717) is 52.3 Å². The number of anilines is 1. The monoisotopic (exact) mass is 409 g/mol. The Bertz CT molecular complexity index is 883. The van der Waals surface area contributed by atoms with Gasteiger partial charge in [-0.05, 0) is 0 Å². The largest absolute Gasteiger partial charge is 0.383 e. The molecule has 8 nitrogen and oxygen atoms in total. The van der Waals surface area contributed by atoms with Gasteiger partial charge in [0.2, 0.25) is 11.8 Å². The predicted octanol–water partition coefficient (Wildman–Crippen LogP) is 1.29. The first-order valence-electron chi connectivity index (χ1n) is 10.3. The molecule has 1 aromatic carbocycles. The van der Waals surface area contributed by atoms with Crippen molar-refractivity contribution in [1.29, 1.82) is 0 Å². The van der Waals surface area contributed by atoms with Crippen molar-refractivity contribution in [2.24, 2.45) is 5.92 Å². The zero-order chi connectivity index (χ0) is 20.9. The van der Waals surface area contributed by atoms with Crippen LogP contribution >= 0.6 is 0 Å². The summed E-state index contributed by atoms with van der Waals surface area (Å²) >= 11 is 0. The lowest BCUT2D eigenvalue weighted by Crippen LogP contribution is -2.51. The van der Waals surface area contributed by atoms with E-state index in [2.05, 4.69) is 14.9 Å². The number of hydrogen-bond acceptors (Lipinski definition) is 6. The van der Waals surface area contributed by atoms with E-state index in [-0.39, 0.29) is 17.7 Å². The average molecular weight is 409 g/mol. The van der Waals surface area contributed by atoms with Crippen LogP contribution in [0.2, 0.25) is 0 Å². The molecule has 158 valence electrons. The molecule has 0 aliphatic carbocycles. The second kappa shape index (κ2) is 9.21. The van der Waals surface area contributed by atoms with Gasteiger partial charge in [0.15, 0.2) is 0 Å². The molecule has 2 aromatic rings. The normalized spacial score (nSPS) is 19.4. The number of hydrogen-bond donors (Lipinski definition) is 0. The minimum Gasteiger partial charge on any atom is -0.383 e. The molecule has 2 fully saturated rings. The molecule has 2 aliphatic rings. The van der Waals surface area contributed by atoms with E-state index in [9.17, 15) is 9.59 Å². The van der Waals surface area contributed by atoms with Gasteiger partial charge in [-0.3, -0.25) is 9.59 Å². The lowest BCUT2D eigenvalue weighted by atomic mass is 10.1. The molecular formula is C22H27N5O3. The van der Waals surface area contributed by atoms with Crippen LogP contribution in [-0.4, -0.2) is 84.6 Å². The molecule has 2 aliphatic heterocycles. The van der Waals surface area contributed by atoms with E-state index in [0.717, 1.165) is 17.1 Å². The van der Waals surface area contributed by atoms with Crippen LogP contribution in [0.15, 0.2) is 42.7 Å². The molecule has 0 bridgehead atoms. The fraction of sp³-hybridized carbons (Fsp3) is 0.455. The van der Waals surface area contributed by atoms with Crippen LogP contribution in [0.25, 0.3) is 11.3 Å². The summed E-state index contributed by atoms with van der Waals surface area (Å²) in [5, 5.41) is 0. The summed E-state index contributed by atoms with van der Waals surface area (Å²) < 4.78 is 5.05. The van der Waals surface area contributed by atoms with E-state index in [4.69, 9.17) is 4.74 Å². The fourth-order valence-electron chi connectivity index (χ4n) is 4.06. The molecule has 2 saturated heterocycles. The zero-order valence-corrected chi connectivity index (χ0v) is 17.2. The molecule has 1 unspecified atom stereocenters. The molecule has 2 amide bonds. The molecule has 0 saturated carbocycles. The summed E-state index contributed by atoms with van der Waals surface area (Å²) in [6.45, 7) is 4.22. The highest BCUT2D eigenvalue weighted by atomic mass is 16.5. The van der Waals surface area contributed by atoms with Crippen molar-refractivity contribution in [2.75, 3.05) is 57.9 Å². The van der Waals surface area contributed by atoms with Crippen LogP contribution in [0, 0.1) is 5.92 Å². The van der Waals surface area contributed by atoms with Gasteiger partial charge in [0.25, 0.3) is 0 Å². The van der Waals surface area contributed by atoms with E-state index >= 15 is 0 Å². The quantitative estimate of drug-likeness (QED) is 0.715. The molecule has 4 rings (SSSR count). The number of methoxy groups -OCH3 is 1. The van der Waals surface area contributed by atoms with Gasteiger partial charge < -0.3 is 19.4 Å². The van der Waals surface area contributed by atoms with Gasteiger partial charge in [0.05, 0.1) is 18.2 Å². The first kappa shape index (κ1) is 20.3. The third-order valence-electron chi connectivity index (χ3n) is 5.77. The minimum absolute atomic E-state index is 0.0402. The number of nitrogens with zero attached hydrogens (tertiary/aromatic N) is 5. The van der Waals surface area contributed by atoms with Crippen molar-refractivity contribution >= 4 is 17.6 Å². The van der Waals surface area contributed by atoms with Crippen LogP contribution in [0.4, 0.5) is 5.82 Å². The lowest BCUT2D eigenvalue weighted by Gasteiger charge is -2.36. The minimum atomic E-state index is -0.246. The van der Waals surface area contributed by atoms with Crippen molar-refractivity contribution < 1.29 is 14.3 Å². The molecule has 3 heterocycles. The van der Waals surface area contributed by atoms with E-state index in [1.165, 1.54) is 0 Å². The zero-order valence-electron chi connectivity index (χ0n) is 17.2. The van der Waals surface area contributed by atoms with Gasteiger partial charge in [-0.2, -0.15) is 0 Å². The topological polar surface area (TPSA) is 78.9 Å². The standard InChI is InChI=1S/C22H27N5O3/c1-30-12-11-27-15-18(13-21(27)28)22(29)26-9-7-25(8-10-26)20-14-19(23-16-24-20)17-5-3-2-4-6-17/h2-6,14,16,18H,7-13,15H2,1H3. The Labute approximate surface area is 176 Å². The van der Waals surface area contributed by atoms with Crippen molar-refractivity contribution in [3.8, 4) is 11.3 Å². The number of aromatic nitrogens is 2. The van der Waals surface area contributed by atoms with Crippen molar-refractivity contribution in [2.45, 2.75) is 6.42 Å². The summed E-state index contributed by atoms with van der Waals surface area (Å²) in [7, 11) is 1.61.